The van der Waals surface area contributed by atoms with E-state index in [1.54, 1.807) is 6.08 Å². The normalized spacial score (nSPS) is 10.7. The molecule has 1 aromatic heterocycles. The standard InChI is InChI=1S/C16H19N3O2S/c1-4-10-19-15(13-8-6-5-7-9-13)17-18-16(19)22-11-14(20)21-12(2)3/h4-9,12H,1,10-11H2,2-3H3. The van der Waals surface area contributed by atoms with Crippen LogP contribution in [0.4, 0.5) is 0 Å². The quantitative estimate of drug-likeness (QED) is 0.446. The molecule has 2 rings (SSSR count). The van der Waals surface area contributed by atoms with Crippen LogP contribution >= 0.6 is 11.8 Å². The molecule has 116 valence electrons. The lowest BCUT2D eigenvalue weighted by molar-refractivity contribution is -0.144. The number of carbonyl (C=O) groups is 1. The summed E-state index contributed by atoms with van der Waals surface area (Å²) in [5.74, 6) is 0.719. The van der Waals surface area contributed by atoms with Gasteiger partial charge in [0.05, 0.1) is 11.9 Å². The summed E-state index contributed by atoms with van der Waals surface area (Å²) in [5, 5.41) is 9.10. The van der Waals surface area contributed by atoms with Crippen LogP contribution in [-0.2, 0) is 16.1 Å². The Labute approximate surface area is 134 Å². The number of hydrogen-bond donors (Lipinski definition) is 0. The van der Waals surface area contributed by atoms with Crippen LogP contribution in [0.3, 0.4) is 0 Å². The summed E-state index contributed by atoms with van der Waals surface area (Å²) in [6.07, 6.45) is 1.67. The first-order valence-corrected chi connectivity index (χ1v) is 8.02. The van der Waals surface area contributed by atoms with E-state index < -0.39 is 0 Å². The Morgan fingerprint density at radius 2 is 2.09 bits per heavy atom. The van der Waals surface area contributed by atoms with Crippen molar-refractivity contribution in [2.75, 3.05) is 5.75 Å². The Kier molecular flexibility index (Phi) is 5.77. The number of rotatable bonds is 7. The van der Waals surface area contributed by atoms with Crippen LogP contribution in [0.25, 0.3) is 11.4 Å². The lowest BCUT2D eigenvalue weighted by atomic mass is 10.2. The minimum absolute atomic E-state index is 0.112. The molecule has 1 aromatic carbocycles. The van der Waals surface area contributed by atoms with E-state index in [0.29, 0.717) is 11.7 Å². The van der Waals surface area contributed by atoms with E-state index in [0.717, 1.165) is 11.4 Å². The van der Waals surface area contributed by atoms with Gasteiger partial charge in [-0.25, -0.2) is 0 Å². The lowest BCUT2D eigenvalue weighted by Gasteiger charge is -2.09. The molecule has 0 N–H and O–H groups in total. The van der Waals surface area contributed by atoms with Crippen molar-refractivity contribution in [3.05, 3.63) is 43.0 Å². The second-order valence-electron chi connectivity index (χ2n) is 4.90. The van der Waals surface area contributed by atoms with Gasteiger partial charge in [0.1, 0.15) is 0 Å². The number of nitrogens with zero attached hydrogens (tertiary/aromatic N) is 3. The van der Waals surface area contributed by atoms with Crippen molar-refractivity contribution in [3.8, 4) is 11.4 Å². The third-order valence-corrected chi connectivity index (χ3v) is 3.69. The molecule has 0 radical (unpaired) electrons. The van der Waals surface area contributed by atoms with Crippen molar-refractivity contribution in [2.45, 2.75) is 31.7 Å². The molecule has 0 saturated carbocycles. The van der Waals surface area contributed by atoms with Crippen molar-refractivity contribution in [3.63, 3.8) is 0 Å². The molecule has 0 unspecified atom stereocenters. The summed E-state index contributed by atoms with van der Waals surface area (Å²) in [6, 6.07) is 9.82. The first-order valence-electron chi connectivity index (χ1n) is 7.03. The fraction of sp³-hybridized carbons (Fsp3) is 0.312. The molecule has 0 spiro atoms. The average molecular weight is 317 g/mol. The van der Waals surface area contributed by atoms with E-state index in [2.05, 4.69) is 16.8 Å². The first kappa shape index (κ1) is 16.3. The smallest absolute Gasteiger partial charge is 0.316 e. The Balaban J connectivity index is 2.17. The molecule has 22 heavy (non-hydrogen) atoms. The van der Waals surface area contributed by atoms with Gasteiger partial charge in [0, 0.05) is 12.1 Å². The van der Waals surface area contributed by atoms with Crippen molar-refractivity contribution < 1.29 is 9.53 Å². The molecule has 0 saturated heterocycles. The van der Waals surface area contributed by atoms with Crippen LogP contribution in [0.1, 0.15) is 13.8 Å². The van der Waals surface area contributed by atoms with Crippen LogP contribution in [0.15, 0.2) is 48.1 Å². The third kappa shape index (κ3) is 4.21. The van der Waals surface area contributed by atoms with E-state index in [1.165, 1.54) is 11.8 Å². The second kappa shape index (κ2) is 7.79. The molecule has 5 nitrogen and oxygen atoms in total. The molecule has 1 heterocycles. The largest absolute Gasteiger partial charge is 0.462 e. The van der Waals surface area contributed by atoms with Gasteiger partial charge in [-0.05, 0) is 13.8 Å². The summed E-state index contributed by atoms with van der Waals surface area (Å²) in [7, 11) is 0. The fourth-order valence-electron chi connectivity index (χ4n) is 1.91. The van der Waals surface area contributed by atoms with Crippen LogP contribution < -0.4 is 0 Å². The van der Waals surface area contributed by atoms with E-state index in [4.69, 9.17) is 4.74 Å². The zero-order chi connectivity index (χ0) is 15.9. The Hall–Kier alpha value is -2.08. The molecule has 0 aliphatic heterocycles. The fourth-order valence-corrected chi connectivity index (χ4v) is 2.64. The molecule has 6 heteroatoms. The summed E-state index contributed by atoms with van der Waals surface area (Å²) in [4.78, 5) is 11.7. The first-order chi connectivity index (χ1) is 10.6. The highest BCUT2D eigenvalue weighted by atomic mass is 32.2. The maximum atomic E-state index is 11.7. The van der Waals surface area contributed by atoms with Crippen LogP contribution in [0.2, 0.25) is 0 Å². The maximum absolute atomic E-state index is 11.7. The number of aromatic nitrogens is 3. The second-order valence-corrected chi connectivity index (χ2v) is 5.84. The monoisotopic (exact) mass is 317 g/mol. The van der Waals surface area contributed by atoms with E-state index >= 15 is 0 Å². The van der Waals surface area contributed by atoms with Crippen LogP contribution in [-0.4, -0.2) is 32.6 Å². The minimum atomic E-state index is -0.255. The number of benzene rings is 1. The highest BCUT2D eigenvalue weighted by molar-refractivity contribution is 7.99. The molecule has 0 atom stereocenters. The maximum Gasteiger partial charge on any atom is 0.316 e. The summed E-state index contributed by atoms with van der Waals surface area (Å²) in [6.45, 7) is 8.01. The molecular formula is C16H19N3O2S. The molecule has 0 fully saturated rings. The van der Waals surface area contributed by atoms with Crippen molar-refractivity contribution >= 4 is 17.7 Å². The van der Waals surface area contributed by atoms with Gasteiger partial charge >= 0.3 is 5.97 Å². The molecular weight excluding hydrogens is 298 g/mol. The highest BCUT2D eigenvalue weighted by Crippen LogP contribution is 2.24. The number of thioether (sulfide) groups is 1. The SMILES string of the molecule is C=CCn1c(SCC(=O)OC(C)C)nnc1-c1ccccc1. The lowest BCUT2D eigenvalue weighted by Crippen LogP contribution is -2.13. The summed E-state index contributed by atoms with van der Waals surface area (Å²) >= 11 is 1.32. The average Bonchev–Trinajstić information content (AvgIpc) is 2.89. The number of allylic oxidation sites excluding steroid dienone is 1. The van der Waals surface area contributed by atoms with Gasteiger partial charge in [0.15, 0.2) is 11.0 Å². The molecule has 0 aliphatic carbocycles. The predicted molar refractivity (Wildman–Crippen MR) is 87.6 cm³/mol. The Morgan fingerprint density at radius 1 is 1.36 bits per heavy atom. The minimum Gasteiger partial charge on any atom is -0.462 e. The molecule has 0 aliphatic rings. The number of hydrogen-bond acceptors (Lipinski definition) is 5. The van der Waals surface area contributed by atoms with Crippen molar-refractivity contribution in [1.29, 1.82) is 0 Å². The predicted octanol–water partition coefficient (Wildman–Crippen LogP) is 3.17. The van der Waals surface area contributed by atoms with Gasteiger partial charge < -0.3 is 4.74 Å². The molecule has 2 aromatic rings. The Bertz CT molecular complexity index is 638. The van der Waals surface area contributed by atoms with Crippen LogP contribution in [0, 0.1) is 0 Å². The van der Waals surface area contributed by atoms with E-state index in [9.17, 15) is 4.79 Å². The van der Waals surface area contributed by atoms with Crippen LogP contribution in [0.5, 0.6) is 0 Å². The zero-order valence-corrected chi connectivity index (χ0v) is 13.5. The van der Waals surface area contributed by atoms with Gasteiger partial charge in [-0.1, -0.05) is 48.2 Å². The van der Waals surface area contributed by atoms with Gasteiger partial charge in [0.2, 0.25) is 0 Å². The molecule has 0 amide bonds. The van der Waals surface area contributed by atoms with Crippen molar-refractivity contribution in [1.82, 2.24) is 14.8 Å². The highest BCUT2D eigenvalue weighted by Gasteiger charge is 2.15. The van der Waals surface area contributed by atoms with E-state index in [1.807, 2.05) is 48.7 Å². The zero-order valence-electron chi connectivity index (χ0n) is 12.7. The van der Waals surface area contributed by atoms with Gasteiger partial charge in [-0.2, -0.15) is 0 Å². The van der Waals surface area contributed by atoms with Gasteiger partial charge in [-0.3, -0.25) is 9.36 Å². The van der Waals surface area contributed by atoms with E-state index in [-0.39, 0.29) is 17.8 Å². The van der Waals surface area contributed by atoms with Crippen molar-refractivity contribution in [2.24, 2.45) is 0 Å². The number of ether oxygens (including phenoxy) is 1. The summed E-state index contributed by atoms with van der Waals surface area (Å²) in [5.41, 5.74) is 0.980. The van der Waals surface area contributed by atoms with Gasteiger partial charge in [-0.15, -0.1) is 16.8 Å². The summed E-state index contributed by atoms with van der Waals surface area (Å²) < 4.78 is 7.07. The van der Waals surface area contributed by atoms with Gasteiger partial charge in [0.25, 0.3) is 0 Å². The topological polar surface area (TPSA) is 57.0 Å². The molecule has 0 bridgehead atoms. The Morgan fingerprint density at radius 3 is 2.73 bits per heavy atom. The number of esters is 1. The third-order valence-electron chi connectivity index (χ3n) is 2.75. The number of carbonyl (C=O) groups excluding carboxylic acids is 1.